The normalized spacial score (nSPS) is 15.3. The van der Waals surface area contributed by atoms with E-state index < -0.39 is 0 Å². The first kappa shape index (κ1) is 16.9. The highest BCUT2D eigenvalue weighted by molar-refractivity contribution is 7.22. The molecule has 0 aliphatic carbocycles. The van der Waals surface area contributed by atoms with Gasteiger partial charge in [0, 0.05) is 25.2 Å². The lowest BCUT2D eigenvalue weighted by atomic mass is 9.96. The van der Waals surface area contributed by atoms with Gasteiger partial charge in [-0.15, -0.1) is 0 Å². The van der Waals surface area contributed by atoms with Gasteiger partial charge in [0.2, 0.25) is 5.91 Å². The van der Waals surface area contributed by atoms with Crippen LogP contribution in [0.5, 0.6) is 0 Å². The first-order valence-electron chi connectivity index (χ1n) is 8.68. The Bertz CT molecular complexity index is 906. The molecule has 0 saturated carbocycles. The van der Waals surface area contributed by atoms with Crippen molar-refractivity contribution in [3.05, 3.63) is 54.1 Å². The summed E-state index contributed by atoms with van der Waals surface area (Å²) >= 11 is 1.50. The lowest BCUT2D eigenvalue weighted by Gasteiger charge is -2.31. The summed E-state index contributed by atoms with van der Waals surface area (Å²) in [7, 11) is 0. The van der Waals surface area contributed by atoms with E-state index in [1.807, 2.05) is 18.2 Å². The second-order valence-corrected chi connectivity index (χ2v) is 7.42. The molecule has 0 unspecified atom stereocenters. The van der Waals surface area contributed by atoms with Gasteiger partial charge < -0.3 is 10.2 Å². The van der Waals surface area contributed by atoms with Gasteiger partial charge in [-0.1, -0.05) is 17.4 Å². The van der Waals surface area contributed by atoms with E-state index in [2.05, 4.69) is 20.2 Å². The number of rotatable bonds is 4. The number of anilines is 1. The molecule has 1 aliphatic rings. The van der Waals surface area contributed by atoms with E-state index in [9.17, 15) is 9.18 Å². The Morgan fingerprint density at radius 3 is 2.88 bits per heavy atom. The maximum Gasteiger partial charge on any atom is 0.223 e. The molecule has 26 heavy (non-hydrogen) atoms. The van der Waals surface area contributed by atoms with Gasteiger partial charge in [0.1, 0.15) is 5.82 Å². The maximum absolute atomic E-state index is 13.3. The first-order valence-corrected chi connectivity index (χ1v) is 9.49. The maximum atomic E-state index is 13.3. The van der Waals surface area contributed by atoms with Gasteiger partial charge in [-0.2, -0.15) is 0 Å². The molecule has 5 nitrogen and oxygen atoms in total. The smallest absolute Gasteiger partial charge is 0.223 e. The summed E-state index contributed by atoms with van der Waals surface area (Å²) < 4.78 is 14.2. The van der Waals surface area contributed by atoms with Gasteiger partial charge in [-0.3, -0.25) is 9.78 Å². The largest absolute Gasteiger partial charge is 0.350 e. The topological polar surface area (TPSA) is 58.1 Å². The molecule has 1 N–H and O–H groups in total. The predicted octanol–water partition coefficient (Wildman–Crippen LogP) is 3.36. The number of benzene rings is 1. The number of hydrogen-bond acceptors (Lipinski definition) is 5. The van der Waals surface area contributed by atoms with Gasteiger partial charge in [0.25, 0.3) is 0 Å². The number of carbonyl (C=O) groups excluding carboxylic acids is 1. The molecule has 4 rings (SSSR count). The minimum absolute atomic E-state index is 0.0155. The number of thiazole rings is 1. The number of piperidine rings is 1. The molecule has 0 spiro atoms. The van der Waals surface area contributed by atoms with Crippen LogP contribution in [-0.2, 0) is 11.3 Å². The van der Waals surface area contributed by atoms with Crippen molar-refractivity contribution in [3.8, 4) is 0 Å². The van der Waals surface area contributed by atoms with E-state index in [4.69, 9.17) is 0 Å². The number of aromatic nitrogens is 2. The minimum atomic E-state index is -0.240. The van der Waals surface area contributed by atoms with Crippen LogP contribution in [0.3, 0.4) is 0 Å². The standard InChI is InChI=1S/C19H19FN4OS/c20-14-4-5-16-17(11-14)26-19(23-16)24-9-6-13(7-10-24)18(25)22-12-15-3-1-2-8-21-15/h1-5,8,11,13H,6-7,9-10,12H2,(H,22,25). The highest BCUT2D eigenvalue weighted by atomic mass is 32.1. The van der Waals surface area contributed by atoms with Gasteiger partial charge in [-0.25, -0.2) is 9.37 Å². The third-order valence-corrected chi connectivity index (χ3v) is 5.72. The average Bonchev–Trinajstić information content (AvgIpc) is 3.10. The Morgan fingerprint density at radius 2 is 2.12 bits per heavy atom. The van der Waals surface area contributed by atoms with Crippen LogP contribution in [0.1, 0.15) is 18.5 Å². The number of amides is 1. The summed E-state index contributed by atoms with van der Waals surface area (Å²) in [5, 5.41) is 3.88. The van der Waals surface area contributed by atoms with Gasteiger partial charge in [0.05, 0.1) is 22.5 Å². The lowest BCUT2D eigenvalue weighted by molar-refractivity contribution is -0.125. The van der Waals surface area contributed by atoms with Crippen LogP contribution in [-0.4, -0.2) is 29.0 Å². The van der Waals surface area contributed by atoms with Crippen LogP contribution >= 0.6 is 11.3 Å². The summed E-state index contributed by atoms with van der Waals surface area (Å²) in [5.41, 5.74) is 1.68. The van der Waals surface area contributed by atoms with E-state index in [0.717, 1.165) is 47.0 Å². The van der Waals surface area contributed by atoms with Crippen molar-refractivity contribution in [1.82, 2.24) is 15.3 Å². The zero-order chi connectivity index (χ0) is 17.9. The van der Waals surface area contributed by atoms with Crippen molar-refractivity contribution in [3.63, 3.8) is 0 Å². The van der Waals surface area contributed by atoms with Crippen LogP contribution in [0.25, 0.3) is 10.2 Å². The zero-order valence-electron chi connectivity index (χ0n) is 14.2. The number of halogens is 1. The molecule has 3 aromatic rings. The minimum Gasteiger partial charge on any atom is -0.350 e. The summed E-state index contributed by atoms with van der Waals surface area (Å²) in [6.07, 6.45) is 3.31. The zero-order valence-corrected chi connectivity index (χ0v) is 15.0. The number of pyridine rings is 1. The fraction of sp³-hybridized carbons (Fsp3) is 0.316. The Kier molecular flexibility index (Phi) is 4.79. The number of nitrogens with one attached hydrogen (secondary N) is 1. The van der Waals surface area contributed by atoms with Crippen molar-refractivity contribution in [1.29, 1.82) is 0 Å². The van der Waals surface area contributed by atoms with E-state index in [1.165, 1.54) is 23.5 Å². The first-order chi connectivity index (χ1) is 12.7. The summed E-state index contributed by atoms with van der Waals surface area (Å²) in [6, 6.07) is 10.3. The Hall–Kier alpha value is -2.54. The molecule has 134 valence electrons. The highest BCUT2D eigenvalue weighted by Crippen LogP contribution is 2.31. The molecule has 1 fully saturated rings. The fourth-order valence-corrected chi connectivity index (χ4v) is 4.22. The molecule has 3 heterocycles. The number of fused-ring (bicyclic) bond motifs is 1. The van der Waals surface area contributed by atoms with Crippen LogP contribution < -0.4 is 10.2 Å². The Labute approximate surface area is 154 Å². The monoisotopic (exact) mass is 370 g/mol. The van der Waals surface area contributed by atoms with E-state index in [1.54, 1.807) is 12.3 Å². The summed E-state index contributed by atoms with van der Waals surface area (Å²) in [6.45, 7) is 2.03. The number of hydrogen-bond donors (Lipinski definition) is 1. The molecule has 2 aromatic heterocycles. The van der Waals surface area contributed by atoms with Crippen LogP contribution in [0.15, 0.2) is 42.6 Å². The van der Waals surface area contributed by atoms with Gasteiger partial charge >= 0.3 is 0 Å². The molecule has 1 aliphatic heterocycles. The summed E-state index contributed by atoms with van der Waals surface area (Å²) in [5.74, 6) is -0.139. The van der Waals surface area contributed by atoms with Crippen molar-refractivity contribution in [2.24, 2.45) is 5.92 Å². The van der Waals surface area contributed by atoms with Crippen molar-refractivity contribution in [2.45, 2.75) is 19.4 Å². The predicted molar refractivity (Wildman–Crippen MR) is 101 cm³/mol. The molecule has 1 saturated heterocycles. The van der Waals surface area contributed by atoms with Crippen LogP contribution in [0.4, 0.5) is 9.52 Å². The summed E-state index contributed by atoms with van der Waals surface area (Å²) in [4.78, 5) is 23.4. The third-order valence-electron chi connectivity index (χ3n) is 4.65. The second kappa shape index (κ2) is 7.37. The van der Waals surface area contributed by atoms with Crippen LogP contribution in [0, 0.1) is 11.7 Å². The van der Waals surface area contributed by atoms with Crippen molar-refractivity contribution < 1.29 is 9.18 Å². The number of nitrogens with zero attached hydrogens (tertiary/aromatic N) is 3. The molecule has 0 radical (unpaired) electrons. The van der Waals surface area contributed by atoms with Gasteiger partial charge in [-0.05, 0) is 43.2 Å². The fourth-order valence-electron chi connectivity index (χ4n) is 3.18. The van der Waals surface area contributed by atoms with E-state index >= 15 is 0 Å². The van der Waals surface area contributed by atoms with Crippen molar-refractivity contribution in [2.75, 3.05) is 18.0 Å². The molecule has 7 heteroatoms. The van der Waals surface area contributed by atoms with Crippen LogP contribution in [0.2, 0.25) is 0 Å². The van der Waals surface area contributed by atoms with E-state index in [0.29, 0.717) is 6.54 Å². The van der Waals surface area contributed by atoms with Crippen molar-refractivity contribution >= 4 is 32.6 Å². The molecular formula is C19H19FN4OS. The number of carbonyl (C=O) groups is 1. The SMILES string of the molecule is O=C(NCc1ccccn1)C1CCN(c2nc3ccc(F)cc3s2)CC1. The average molecular weight is 370 g/mol. The third kappa shape index (κ3) is 3.67. The Balaban J connectivity index is 1.33. The molecule has 1 aromatic carbocycles. The highest BCUT2D eigenvalue weighted by Gasteiger charge is 2.26. The quantitative estimate of drug-likeness (QED) is 0.765. The van der Waals surface area contributed by atoms with E-state index in [-0.39, 0.29) is 17.6 Å². The lowest BCUT2D eigenvalue weighted by Crippen LogP contribution is -2.40. The molecule has 1 amide bonds. The Morgan fingerprint density at radius 1 is 1.27 bits per heavy atom. The molecule has 0 atom stereocenters. The molecule has 0 bridgehead atoms. The second-order valence-electron chi connectivity index (χ2n) is 6.41. The van der Waals surface area contributed by atoms with Gasteiger partial charge in [0.15, 0.2) is 5.13 Å². The molecular weight excluding hydrogens is 351 g/mol.